The van der Waals surface area contributed by atoms with Crippen molar-refractivity contribution < 1.29 is 9.90 Å². The third-order valence-corrected chi connectivity index (χ3v) is 5.21. The van der Waals surface area contributed by atoms with E-state index in [9.17, 15) is 4.79 Å². The van der Waals surface area contributed by atoms with Crippen LogP contribution in [0.4, 0.5) is 0 Å². The van der Waals surface area contributed by atoms with Crippen LogP contribution in [0.1, 0.15) is 47.1 Å². The molecule has 0 radical (unpaired) electrons. The van der Waals surface area contributed by atoms with Crippen LogP contribution in [0.3, 0.4) is 0 Å². The molecule has 3 rings (SSSR count). The molecule has 20 heavy (non-hydrogen) atoms. The normalized spacial score (nSPS) is 21.5. The van der Waals surface area contributed by atoms with E-state index >= 15 is 0 Å². The zero-order valence-corrected chi connectivity index (χ0v) is 12.4. The zero-order valence-electron chi connectivity index (χ0n) is 11.6. The summed E-state index contributed by atoms with van der Waals surface area (Å²) in [5.74, 6) is 0.343. The first-order valence-electron chi connectivity index (χ1n) is 6.88. The van der Waals surface area contributed by atoms with Crippen LogP contribution >= 0.6 is 11.3 Å². The Balaban J connectivity index is 2.02. The fourth-order valence-electron chi connectivity index (χ4n) is 2.93. The fraction of sp³-hybridized carbons (Fsp3) is 0.375. The van der Waals surface area contributed by atoms with E-state index in [1.807, 2.05) is 6.07 Å². The molecule has 0 aliphatic heterocycles. The second-order valence-electron chi connectivity index (χ2n) is 5.66. The molecule has 2 aromatic rings. The molecule has 104 valence electrons. The maximum absolute atomic E-state index is 11.1. The first kappa shape index (κ1) is 13.3. The van der Waals surface area contributed by atoms with E-state index in [0.29, 0.717) is 17.4 Å². The highest BCUT2D eigenvalue weighted by molar-refractivity contribution is 7.15. The van der Waals surface area contributed by atoms with Gasteiger partial charge in [-0.25, -0.2) is 9.78 Å². The van der Waals surface area contributed by atoms with Crippen LogP contribution in [0.5, 0.6) is 0 Å². The molecule has 2 unspecified atom stereocenters. The van der Waals surface area contributed by atoms with Gasteiger partial charge in [0.1, 0.15) is 5.01 Å². The van der Waals surface area contributed by atoms with Gasteiger partial charge >= 0.3 is 5.97 Å². The molecule has 3 nitrogen and oxygen atoms in total. The molecule has 0 saturated carbocycles. The van der Waals surface area contributed by atoms with Gasteiger partial charge < -0.3 is 5.11 Å². The van der Waals surface area contributed by atoms with Gasteiger partial charge in [-0.1, -0.05) is 26.0 Å². The minimum Gasteiger partial charge on any atom is -0.478 e. The van der Waals surface area contributed by atoms with Crippen molar-refractivity contribution in [3.63, 3.8) is 0 Å². The Bertz CT molecular complexity index is 662. The van der Waals surface area contributed by atoms with Gasteiger partial charge in [0.15, 0.2) is 0 Å². The van der Waals surface area contributed by atoms with E-state index in [4.69, 9.17) is 10.1 Å². The minimum atomic E-state index is -0.893. The molecule has 0 spiro atoms. The first-order chi connectivity index (χ1) is 9.54. The summed E-state index contributed by atoms with van der Waals surface area (Å²) in [6, 6.07) is 7.04. The van der Waals surface area contributed by atoms with Gasteiger partial charge in [-0.15, -0.1) is 11.3 Å². The lowest BCUT2D eigenvalue weighted by atomic mass is 9.86. The SMILES string of the molecule is CC1Cc2nc(-c3cccc(C(=O)O)c3)sc2C(C)C1. The zero-order chi connectivity index (χ0) is 14.3. The van der Waals surface area contributed by atoms with Crippen molar-refractivity contribution in [1.82, 2.24) is 4.98 Å². The number of hydrogen-bond donors (Lipinski definition) is 1. The van der Waals surface area contributed by atoms with Crippen molar-refractivity contribution in [2.45, 2.75) is 32.6 Å². The van der Waals surface area contributed by atoms with Crippen LogP contribution in [0.2, 0.25) is 0 Å². The lowest BCUT2D eigenvalue weighted by Gasteiger charge is -2.22. The van der Waals surface area contributed by atoms with Gasteiger partial charge in [0.05, 0.1) is 11.3 Å². The number of rotatable bonds is 2. The van der Waals surface area contributed by atoms with Crippen molar-refractivity contribution in [1.29, 1.82) is 0 Å². The number of benzene rings is 1. The van der Waals surface area contributed by atoms with Gasteiger partial charge in [-0.2, -0.15) is 0 Å². The maximum Gasteiger partial charge on any atom is 0.335 e. The van der Waals surface area contributed by atoms with Crippen LogP contribution in [0.25, 0.3) is 10.6 Å². The summed E-state index contributed by atoms with van der Waals surface area (Å²) in [7, 11) is 0. The summed E-state index contributed by atoms with van der Waals surface area (Å²) in [6.07, 6.45) is 2.25. The average Bonchev–Trinajstić information content (AvgIpc) is 2.83. The molecule has 1 N–H and O–H groups in total. The number of nitrogens with zero attached hydrogens (tertiary/aromatic N) is 1. The van der Waals surface area contributed by atoms with Crippen molar-refractivity contribution in [3.05, 3.63) is 40.4 Å². The monoisotopic (exact) mass is 287 g/mol. The summed E-state index contributed by atoms with van der Waals surface area (Å²) in [6.45, 7) is 4.52. The third kappa shape index (κ3) is 2.36. The highest BCUT2D eigenvalue weighted by Gasteiger charge is 2.25. The van der Waals surface area contributed by atoms with E-state index in [1.165, 1.54) is 17.0 Å². The Labute approximate surface area is 122 Å². The van der Waals surface area contributed by atoms with Gasteiger partial charge in [0.25, 0.3) is 0 Å². The van der Waals surface area contributed by atoms with Crippen molar-refractivity contribution in [2.24, 2.45) is 5.92 Å². The fourth-order valence-corrected chi connectivity index (χ4v) is 4.08. The van der Waals surface area contributed by atoms with Crippen molar-refractivity contribution in [3.8, 4) is 10.6 Å². The molecule has 0 amide bonds. The number of aromatic nitrogens is 1. The van der Waals surface area contributed by atoms with Gasteiger partial charge in [0, 0.05) is 10.4 Å². The van der Waals surface area contributed by atoms with E-state index in [1.54, 1.807) is 29.5 Å². The largest absolute Gasteiger partial charge is 0.478 e. The number of thiazole rings is 1. The Morgan fingerprint density at radius 1 is 1.40 bits per heavy atom. The molecule has 0 bridgehead atoms. The molecular weight excluding hydrogens is 270 g/mol. The molecule has 0 saturated heterocycles. The Morgan fingerprint density at radius 3 is 2.95 bits per heavy atom. The molecule has 1 aromatic heterocycles. The minimum absolute atomic E-state index is 0.317. The molecule has 4 heteroatoms. The predicted octanol–water partition coefficient (Wildman–Crippen LogP) is 4.19. The standard InChI is InChI=1S/C16H17NO2S/c1-9-6-10(2)14-13(7-9)17-15(20-14)11-4-3-5-12(8-11)16(18)19/h3-5,8-10H,6-7H2,1-2H3,(H,18,19). The van der Waals surface area contributed by atoms with E-state index in [-0.39, 0.29) is 0 Å². The van der Waals surface area contributed by atoms with Crippen LogP contribution in [0, 0.1) is 5.92 Å². The van der Waals surface area contributed by atoms with Crippen LogP contribution in [0.15, 0.2) is 24.3 Å². The van der Waals surface area contributed by atoms with E-state index in [0.717, 1.165) is 17.0 Å². The molecule has 1 aliphatic carbocycles. The molecular formula is C16H17NO2S. The number of carbonyl (C=O) groups is 1. The molecule has 2 atom stereocenters. The van der Waals surface area contributed by atoms with E-state index in [2.05, 4.69) is 13.8 Å². The quantitative estimate of drug-likeness (QED) is 0.900. The second-order valence-corrected chi connectivity index (χ2v) is 6.69. The lowest BCUT2D eigenvalue weighted by molar-refractivity contribution is 0.0697. The Morgan fingerprint density at radius 2 is 2.20 bits per heavy atom. The molecule has 0 fully saturated rings. The molecule has 1 heterocycles. The summed E-state index contributed by atoms with van der Waals surface area (Å²) in [5.41, 5.74) is 2.43. The summed E-state index contributed by atoms with van der Waals surface area (Å²) in [5, 5.41) is 10.0. The summed E-state index contributed by atoms with van der Waals surface area (Å²) in [4.78, 5) is 17.2. The Kier molecular flexibility index (Phi) is 3.34. The van der Waals surface area contributed by atoms with Crippen LogP contribution in [-0.2, 0) is 6.42 Å². The van der Waals surface area contributed by atoms with Gasteiger partial charge in [0.2, 0.25) is 0 Å². The van der Waals surface area contributed by atoms with Crippen LogP contribution < -0.4 is 0 Å². The average molecular weight is 287 g/mol. The summed E-state index contributed by atoms with van der Waals surface area (Å²) >= 11 is 1.71. The second kappa shape index (κ2) is 5.02. The molecule has 1 aromatic carbocycles. The Hall–Kier alpha value is -1.68. The maximum atomic E-state index is 11.1. The van der Waals surface area contributed by atoms with Crippen molar-refractivity contribution in [2.75, 3.05) is 0 Å². The highest BCUT2D eigenvalue weighted by atomic mass is 32.1. The summed E-state index contributed by atoms with van der Waals surface area (Å²) < 4.78 is 0. The van der Waals surface area contributed by atoms with Crippen molar-refractivity contribution >= 4 is 17.3 Å². The van der Waals surface area contributed by atoms with Gasteiger partial charge in [-0.05, 0) is 36.8 Å². The van der Waals surface area contributed by atoms with E-state index < -0.39 is 5.97 Å². The number of aromatic carboxylic acids is 1. The highest BCUT2D eigenvalue weighted by Crippen LogP contribution is 2.40. The van der Waals surface area contributed by atoms with Gasteiger partial charge in [-0.3, -0.25) is 0 Å². The number of carboxylic acids is 1. The number of hydrogen-bond acceptors (Lipinski definition) is 3. The number of carboxylic acid groups (broad SMARTS) is 1. The molecule has 1 aliphatic rings. The first-order valence-corrected chi connectivity index (χ1v) is 7.69. The smallest absolute Gasteiger partial charge is 0.335 e. The van der Waals surface area contributed by atoms with Crippen LogP contribution in [-0.4, -0.2) is 16.1 Å². The lowest BCUT2D eigenvalue weighted by Crippen LogP contribution is -2.12. The topological polar surface area (TPSA) is 50.2 Å². The third-order valence-electron chi connectivity index (χ3n) is 3.83. The number of fused-ring (bicyclic) bond motifs is 1. The predicted molar refractivity (Wildman–Crippen MR) is 80.4 cm³/mol.